The molecule has 0 aliphatic carbocycles. The Bertz CT molecular complexity index is 611. The Balaban J connectivity index is 2.35. The van der Waals surface area contributed by atoms with E-state index in [0.717, 1.165) is 0 Å². The SMILES string of the molecule is CCOC(C)(CC)c1noc(-c2ccc(OC)cc2O)n1. The van der Waals surface area contributed by atoms with E-state index in [4.69, 9.17) is 14.0 Å². The molecule has 0 amide bonds. The molecule has 6 heteroatoms. The lowest BCUT2D eigenvalue weighted by molar-refractivity contribution is -0.0403. The third kappa shape index (κ3) is 3.00. The van der Waals surface area contributed by atoms with Gasteiger partial charge in [0.05, 0.1) is 12.7 Å². The van der Waals surface area contributed by atoms with Crippen molar-refractivity contribution >= 4 is 0 Å². The zero-order valence-corrected chi connectivity index (χ0v) is 12.7. The van der Waals surface area contributed by atoms with Crippen molar-refractivity contribution in [3.8, 4) is 23.0 Å². The zero-order chi connectivity index (χ0) is 15.5. The Morgan fingerprint density at radius 3 is 2.67 bits per heavy atom. The lowest BCUT2D eigenvalue weighted by Crippen LogP contribution is -2.26. The van der Waals surface area contributed by atoms with E-state index in [1.807, 2.05) is 20.8 Å². The van der Waals surface area contributed by atoms with Crippen LogP contribution >= 0.6 is 0 Å². The first kappa shape index (κ1) is 15.3. The maximum absolute atomic E-state index is 10.0. The molecule has 1 heterocycles. The summed E-state index contributed by atoms with van der Waals surface area (Å²) in [6, 6.07) is 4.90. The maximum Gasteiger partial charge on any atom is 0.261 e. The fourth-order valence-electron chi connectivity index (χ4n) is 2.01. The summed E-state index contributed by atoms with van der Waals surface area (Å²) in [6.07, 6.45) is 0.717. The largest absolute Gasteiger partial charge is 0.507 e. The van der Waals surface area contributed by atoms with Crippen molar-refractivity contribution in [2.24, 2.45) is 0 Å². The summed E-state index contributed by atoms with van der Waals surface area (Å²) in [5.41, 5.74) is -0.136. The molecule has 1 unspecified atom stereocenters. The first-order chi connectivity index (χ1) is 10.0. The first-order valence-electron chi connectivity index (χ1n) is 6.89. The van der Waals surface area contributed by atoms with Gasteiger partial charge in [0.1, 0.15) is 17.1 Å². The average Bonchev–Trinajstić information content (AvgIpc) is 2.97. The second-order valence-corrected chi connectivity index (χ2v) is 4.82. The Kier molecular flexibility index (Phi) is 4.47. The van der Waals surface area contributed by atoms with Crippen LogP contribution in [0.25, 0.3) is 11.5 Å². The average molecular weight is 292 g/mol. The van der Waals surface area contributed by atoms with Crippen molar-refractivity contribution in [2.45, 2.75) is 32.8 Å². The standard InChI is InChI=1S/C15H20N2O4/c1-5-15(3,20-6-2)14-16-13(21-17-14)11-8-7-10(19-4)9-12(11)18/h7-9,18H,5-6H2,1-4H3. The lowest BCUT2D eigenvalue weighted by Gasteiger charge is -2.23. The van der Waals surface area contributed by atoms with E-state index in [2.05, 4.69) is 10.1 Å². The molecule has 1 aromatic heterocycles. The molecule has 21 heavy (non-hydrogen) atoms. The molecule has 114 valence electrons. The minimum atomic E-state index is -0.599. The van der Waals surface area contributed by atoms with Gasteiger partial charge in [0.15, 0.2) is 0 Å². The second-order valence-electron chi connectivity index (χ2n) is 4.82. The van der Waals surface area contributed by atoms with Crippen LogP contribution < -0.4 is 4.74 Å². The minimum Gasteiger partial charge on any atom is -0.507 e. The third-order valence-corrected chi connectivity index (χ3v) is 3.47. The van der Waals surface area contributed by atoms with Gasteiger partial charge in [-0.15, -0.1) is 0 Å². The number of nitrogens with zero attached hydrogens (tertiary/aromatic N) is 2. The molecular weight excluding hydrogens is 272 g/mol. The minimum absolute atomic E-state index is 0.0270. The van der Waals surface area contributed by atoms with Gasteiger partial charge in [0.25, 0.3) is 5.89 Å². The summed E-state index contributed by atoms with van der Waals surface area (Å²) >= 11 is 0. The second kappa shape index (κ2) is 6.13. The quantitative estimate of drug-likeness (QED) is 0.881. The molecule has 0 saturated heterocycles. The molecule has 0 aliphatic heterocycles. The molecule has 1 atom stereocenters. The fraction of sp³-hybridized carbons (Fsp3) is 0.467. The third-order valence-electron chi connectivity index (χ3n) is 3.47. The van der Waals surface area contributed by atoms with Crippen LogP contribution in [0.15, 0.2) is 22.7 Å². The Labute approximate surface area is 123 Å². The number of hydrogen-bond donors (Lipinski definition) is 1. The van der Waals surface area contributed by atoms with Crippen molar-refractivity contribution in [3.63, 3.8) is 0 Å². The number of benzene rings is 1. The molecule has 0 fully saturated rings. The first-order valence-corrected chi connectivity index (χ1v) is 6.89. The molecule has 6 nitrogen and oxygen atoms in total. The van der Waals surface area contributed by atoms with Crippen LogP contribution in [0.3, 0.4) is 0 Å². The Hall–Kier alpha value is -2.08. The van der Waals surface area contributed by atoms with E-state index in [9.17, 15) is 5.11 Å². The highest BCUT2D eigenvalue weighted by atomic mass is 16.5. The molecule has 0 saturated carbocycles. The van der Waals surface area contributed by atoms with Crippen LogP contribution in [0.4, 0.5) is 0 Å². The van der Waals surface area contributed by atoms with E-state index in [-0.39, 0.29) is 11.6 Å². The zero-order valence-electron chi connectivity index (χ0n) is 12.7. The summed E-state index contributed by atoms with van der Waals surface area (Å²) in [7, 11) is 1.54. The number of phenolic OH excluding ortho intramolecular Hbond substituents is 1. The molecule has 2 rings (SSSR count). The molecule has 2 aromatic rings. The predicted octanol–water partition coefficient (Wildman–Crippen LogP) is 3.11. The molecule has 0 bridgehead atoms. The number of rotatable bonds is 6. The van der Waals surface area contributed by atoms with Crippen LogP contribution in [-0.2, 0) is 10.3 Å². The number of hydrogen-bond acceptors (Lipinski definition) is 6. The van der Waals surface area contributed by atoms with Crippen molar-refractivity contribution in [1.82, 2.24) is 10.1 Å². The van der Waals surface area contributed by atoms with Crippen LogP contribution in [0, 0.1) is 0 Å². The van der Waals surface area contributed by atoms with Gasteiger partial charge < -0.3 is 19.1 Å². The topological polar surface area (TPSA) is 77.6 Å². The highest BCUT2D eigenvalue weighted by Crippen LogP contribution is 2.33. The van der Waals surface area contributed by atoms with Gasteiger partial charge >= 0.3 is 0 Å². The van der Waals surface area contributed by atoms with Crippen molar-refractivity contribution in [3.05, 3.63) is 24.0 Å². The van der Waals surface area contributed by atoms with Gasteiger partial charge in [0.2, 0.25) is 5.82 Å². The number of ether oxygens (including phenoxy) is 2. The highest BCUT2D eigenvalue weighted by molar-refractivity contribution is 5.63. The summed E-state index contributed by atoms with van der Waals surface area (Å²) in [6.45, 7) is 6.39. The molecule has 0 radical (unpaired) electrons. The molecule has 0 aliphatic rings. The van der Waals surface area contributed by atoms with Crippen molar-refractivity contribution in [1.29, 1.82) is 0 Å². The van der Waals surface area contributed by atoms with Crippen LogP contribution in [-0.4, -0.2) is 29.0 Å². The van der Waals surface area contributed by atoms with E-state index in [1.165, 1.54) is 13.2 Å². The maximum atomic E-state index is 10.0. The van der Waals surface area contributed by atoms with Crippen LogP contribution in [0.2, 0.25) is 0 Å². The van der Waals surface area contributed by atoms with Crippen LogP contribution in [0.5, 0.6) is 11.5 Å². The smallest absolute Gasteiger partial charge is 0.261 e. The van der Waals surface area contributed by atoms with Gasteiger partial charge in [0, 0.05) is 12.7 Å². The van der Waals surface area contributed by atoms with Gasteiger partial charge in [-0.1, -0.05) is 12.1 Å². The molecule has 1 N–H and O–H groups in total. The normalized spacial score (nSPS) is 13.9. The number of methoxy groups -OCH3 is 1. The van der Waals surface area contributed by atoms with Gasteiger partial charge in [-0.2, -0.15) is 4.98 Å². The van der Waals surface area contributed by atoms with E-state index >= 15 is 0 Å². The Morgan fingerprint density at radius 1 is 1.33 bits per heavy atom. The lowest BCUT2D eigenvalue weighted by atomic mass is 10.0. The highest BCUT2D eigenvalue weighted by Gasteiger charge is 2.31. The summed E-state index contributed by atoms with van der Waals surface area (Å²) < 4.78 is 16.0. The van der Waals surface area contributed by atoms with Crippen LogP contribution in [0.1, 0.15) is 33.0 Å². The van der Waals surface area contributed by atoms with Gasteiger partial charge in [-0.25, -0.2) is 0 Å². The Morgan fingerprint density at radius 2 is 2.10 bits per heavy atom. The summed E-state index contributed by atoms with van der Waals surface area (Å²) in [5, 5.41) is 14.0. The monoisotopic (exact) mass is 292 g/mol. The van der Waals surface area contributed by atoms with Gasteiger partial charge in [-0.3, -0.25) is 0 Å². The van der Waals surface area contributed by atoms with Crippen molar-refractivity contribution in [2.75, 3.05) is 13.7 Å². The van der Waals surface area contributed by atoms with E-state index in [1.54, 1.807) is 12.1 Å². The fourth-order valence-corrected chi connectivity index (χ4v) is 2.01. The van der Waals surface area contributed by atoms with E-state index < -0.39 is 5.60 Å². The summed E-state index contributed by atoms with van der Waals surface area (Å²) in [5.74, 6) is 1.31. The number of aromatic hydroxyl groups is 1. The summed E-state index contributed by atoms with van der Waals surface area (Å²) in [4.78, 5) is 4.35. The molecular formula is C15H20N2O4. The molecule has 0 spiro atoms. The predicted molar refractivity (Wildman–Crippen MR) is 77.2 cm³/mol. The van der Waals surface area contributed by atoms with Gasteiger partial charge in [-0.05, 0) is 32.4 Å². The number of phenols is 1. The van der Waals surface area contributed by atoms with Crippen molar-refractivity contribution < 1.29 is 19.1 Å². The number of aromatic nitrogens is 2. The molecule has 1 aromatic carbocycles. The van der Waals surface area contributed by atoms with E-state index in [0.29, 0.717) is 30.2 Å².